The van der Waals surface area contributed by atoms with Gasteiger partial charge in [0.1, 0.15) is 18.0 Å². The predicted molar refractivity (Wildman–Crippen MR) is 91.7 cm³/mol. The fraction of sp³-hybridized carbons (Fsp3) is 0.353. The molecule has 0 aliphatic carbocycles. The summed E-state index contributed by atoms with van der Waals surface area (Å²) in [5.41, 5.74) is 7.18. The molecule has 0 saturated carbocycles. The largest absolute Gasteiger partial charge is 0.480 e. The van der Waals surface area contributed by atoms with Gasteiger partial charge in [-0.05, 0) is 32.4 Å². The molecule has 0 unspecified atom stereocenters. The number of carbonyl (C=O) groups is 2. The van der Waals surface area contributed by atoms with Crippen molar-refractivity contribution in [1.29, 1.82) is 0 Å². The summed E-state index contributed by atoms with van der Waals surface area (Å²) >= 11 is 0. The van der Waals surface area contributed by atoms with Crippen LogP contribution in [0.4, 0.5) is 4.79 Å². The van der Waals surface area contributed by atoms with Gasteiger partial charge in [-0.25, -0.2) is 9.86 Å². The smallest absolute Gasteiger partial charge is 0.436 e. The van der Waals surface area contributed by atoms with Crippen molar-refractivity contribution in [2.75, 3.05) is 13.2 Å². The molecular weight excluding hydrogens is 326 g/mol. The van der Waals surface area contributed by atoms with E-state index in [9.17, 15) is 9.59 Å². The Morgan fingerprint density at radius 1 is 1.32 bits per heavy atom. The predicted octanol–water partition coefficient (Wildman–Crippen LogP) is 2.00. The van der Waals surface area contributed by atoms with Crippen LogP contribution in [0, 0.1) is 0 Å². The number of ether oxygens (including phenoxy) is 1. The van der Waals surface area contributed by atoms with Crippen LogP contribution >= 0.6 is 0 Å². The minimum Gasteiger partial charge on any atom is -0.480 e. The summed E-state index contributed by atoms with van der Waals surface area (Å²) in [5.74, 6) is -0.946. The van der Waals surface area contributed by atoms with E-state index in [0.29, 0.717) is 17.9 Å². The van der Waals surface area contributed by atoms with Crippen molar-refractivity contribution >= 4 is 23.6 Å². The van der Waals surface area contributed by atoms with Crippen LogP contribution in [0.3, 0.4) is 0 Å². The summed E-state index contributed by atoms with van der Waals surface area (Å²) in [6.45, 7) is 5.28. The van der Waals surface area contributed by atoms with Gasteiger partial charge in [0.15, 0.2) is 0 Å². The Morgan fingerprint density at radius 3 is 2.52 bits per heavy atom. The van der Waals surface area contributed by atoms with Crippen LogP contribution < -0.4 is 5.73 Å². The summed E-state index contributed by atoms with van der Waals surface area (Å²) < 4.78 is 5.09. The van der Waals surface area contributed by atoms with Crippen LogP contribution in [0.2, 0.25) is 0 Å². The highest BCUT2D eigenvalue weighted by molar-refractivity contribution is 6.02. The van der Waals surface area contributed by atoms with E-state index in [0.717, 1.165) is 5.56 Å². The van der Waals surface area contributed by atoms with Crippen molar-refractivity contribution in [2.24, 2.45) is 10.7 Å². The molecule has 1 heterocycles. The minimum atomic E-state index is -0.988. The third-order valence-electron chi connectivity index (χ3n) is 3.14. The summed E-state index contributed by atoms with van der Waals surface area (Å²) in [6, 6.07) is 6.89. The number of carbonyl (C=O) groups excluding carboxylic acids is 1. The van der Waals surface area contributed by atoms with Crippen molar-refractivity contribution in [1.82, 2.24) is 5.06 Å². The highest BCUT2D eigenvalue weighted by Gasteiger charge is 2.20. The number of benzene rings is 1. The quantitative estimate of drug-likeness (QED) is 0.632. The van der Waals surface area contributed by atoms with E-state index in [2.05, 4.69) is 4.99 Å². The van der Waals surface area contributed by atoms with Gasteiger partial charge in [0.25, 0.3) is 0 Å². The van der Waals surface area contributed by atoms with E-state index >= 15 is 0 Å². The molecule has 0 radical (unpaired) electrons. The molecule has 1 aliphatic heterocycles. The molecule has 0 atom stereocenters. The lowest BCUT2D eigenvalue weighted by atomic mass is 10.1. The van der Waals surface area contributed by atoms with E-state index < -0.39 is 17.7 Å². The van der Waals surface area contributed by atoms with Crippen LogP contribution in [0.5, 0.6) is 0 Å². The van der Waals surface area contributed by atoms with E-state index in [-0.39, 0.29) is 12.4 Å². The maximum atomic E-state index is 11.7. The van der Waals surface area contributed by atoms with Gasteiger partial charge in [-0.15, -0.1) is 0 Å². The van der Waals surface area contributed by atoms with Crippen molar-refractivity contribution in [3.05, 3.63) is 41.5 Å². The molecule has 3 N–H and O–H groups in total. The average molecular weight is 347 g/mol. The molecule has 1 amide bonds. The van der Waals surface area contributed by atoms with Gasteiger partial charge >= 0.3 is 12.1 Å². The summed E-state index contributed by atoms with van der Waals surface area (Å²) in [7, 11) is 0. The topological polar surface area (TPSA) is 114 Å². The van der Waals surface area contributed by atoms with Crippen LogP contribution in [0.1, 0.15) is 31.9 Å². The standard InChI is InChI=1S/C17H21N3O5/c1-17(2,3)25-16(23)19-15(18)12-6-4-11(5-7-12)13-8-9-24-20(13)10-14(21)22/h4-8H,9-10H2,1-3H3,(H,21,22)(H2,18,19,23). The summed E-state index contributed by atoms with van der Waals surface area (Å²) in [4.78, 5) is 31.5. The number of nitrogens with zero attached hydrogens (tertiary/aromatic N) is 2. The number of amidine groups is 1. The number of nitrogens with two attached hydrogens (primary N) is 1. The zero-order valence-electron chi connectivity index (χ0n) is 14.4. The zero-order valence-corrected chi connectivity index (χ0v) is 14.4. The first-order valence-electron chi connectivity index (χ1n) is 7.66. The number of hydrogen-bond acceptors (Lipinski definition) is 5. The number of carboxylic acid groups (broad SMARTS) is 1. The number of amides is 1. The molecule has 0 spiro atoms. The Balaban J connectivity index is 2.11. The van der Waals surface area contributed by atoms with E-state index in [1.165, 1.54) is 5.06 Å². The molecule has 1 aliphatic rings. The minimum absolute atomic E-state index is 0.0415. The van der Waals surface area contributed by atoms with Gasteiger partial charge in [-0.2, -0.15) is 4.99 Å². The molecule has 0 saturated heterocycles. The molecule has 1 aromatic rings. The Kier molecular flexibility index (Phi) is 5.43. The Morgan fingerprint density at radius 2 is 1.96 bits per heavy atom. The lowest BCUT2D eigenvalue weighted by Crippen LogP contribution is -2.25. The highest BCUT2D eigenvalue weighted by atomic mass is 16.7. The van der Waals surface area contributed by atoms with Gasteiger partial charge in [0.2, 0.25) is 0 Å². The fourth-order valence-electron chi connectivity index (χ4n) is 2.15. The average Bonchev–Trinajstić information content (AvgIpc) is 2.92. The van der Waals surface area contributed by atoms with Gasteiger partial charge in [-0.1, -0.05) is 24.3 Å². The van der Waals surface area contributed by atoms with Crippen molar-refractivity contribution in [2.45, 2.75) is 26.4 Å². The second-order valence-electron chi connectivity index (χ2n) is 6.37. The van der Waals surface area contributed by atoms with Crippen LogP contribution in [-0.2, 0) is 14.4 Å². The van der Waals surface area contributed by atoms with Crippen LogP contribution in [0.15, 0.2) is 35.3 Å². The fourth-order valence-corrected chi connectivity index (χ4v) is 2.15. The molecule has 2 rings (SSSR count). The third-order valence-corrected chi connectivity index (χ3v) is 3.14. The van der Waals surface area contributed by atoms with E-state index in [1.54, 1.807) is 51.1 Å². The van der Waals surface area contributed by atoms with Gasteiger partial charge < -0.3 is 15.6 Å². The molecule has 25 heavy (non-hydrogen) atoms. The van der Waals surface area contributed by atoms with Crippen molar-refractivity contribution in [3.63, 3.8) is 0 Å². The SMILES string of the molecule is CC(C)(C)OC(=O)N=C(N)c1ccc(C2=CCON2CC(=O)O)cc1. The summed E-state index contributed by atoms with van der Waals surface area (Å²) in [5, 5.41) is 10.2. The molecule has 8 heteroatoms. The number of rotatable bonds is 4. The number of hydrogen-bond donors (Lipinski definition) is 2. The second-order valence-corrected chi connectivity index (χ2v) is 6.37. The zero-order chi connectivity index (χ0) is 18.6. The maximum Gasteiger partial charge on any atom is 0.436 e. The van der Waals surface area contributed by atoms with E-state index in [4.69, 9.17) is 20.4 Å². The first-order valence-corrected chi connectivity index (χ1v) is 7.66. The van der Waals surface area contributed by atoms with Crippen molar-refractivity contribution in [3.8, 4) is 0 Å². The second kappa shape index (κ2) is 7.35. The van der Waals surface area contributed by atoms with Crippen LogP contribution in [-0.4, -0.2) is 46.8 Å². The highest BCUT2D eigenvalue weighted by Crippen LogP contribution is 2.24. The molecule has 0 fully saturated rings. The van der Waals surface area contributed by atoms with Crippen LogP contribution in [0.25, 0.3) is 5.70 Å². The molecule has 1 aromatic carbocycles. The first kappa shape index (κ1) is 18.5. The Labute approximate surface area is 145 Å². The lowest BCUT2D eigenvalue weighted by molar-refractivity contribution is -0.149. The Hall–Kier alpha value is -2.87. The number of aliphatic imine (C=N–C) groups is 1. The molecule has 134 valence electrons. The Bertz CT molecular complexity index is 717. The molecule has 0 bridgehead atoms. The third kappa shape index (κ3) is 5.32. The monoisotopic (exact) mass is 347 g/mol. The number of carboxylic acids is 1. The molecule has 0 aromatic heterocycles. The molecular formula is C17H21N3O5. The first-order chi connectivity index (χ1) is 11.7. The molecule has 8 nitrogen and oxygen atoms in total. The number of hydroxylamine groups is 2. The lowest BCUT2D eigenvalue weighted by Gasteiger charge is -2.19. The summed E-state index contributed by atoms with van der Waals surface area (Å²) in [6.07, 6.45) is 1.03. The maximum absolute atomic E-state index is 11.7. The van der Waals surface area contributed by atoms with Gasteiger partial charge in [0.05, 0.1) is 12.3 Å². The van der Waals surface area contributed by atoms with E-state index in [1.807, 2.05) is 0 Å². The van der Waals surface area contributed by atoms with Crippen molar-refractivity contribution < 1.29 is 24.3 Å². The normalized spacial score (nSPS) is 15.1. The van der Waals surface area contributed by atoms with Gasteiger partial charge in [-0.3, -0.25) is 9.63 Å². The van der Waals surface area contributed by atoms with Gasteiger partial charge in [0, 0.05) is 5.56 Å². The number of aliphatic carboxylic acids is 1.